The molecule has 0 saturated heterocycles. The predicted molar refractivity (Wildman–Crippen MR) is 62.1 cm³/mol. The van der Waals surface area contributed by atoms with Gasteiger partial charge in [-0.1, -0.05) is 37.3 Å². The Morgan fingerprint density at radius 2 is 2.06 bits per heavy atom. The van der Waals surface area contributed by atoms with Crippen LogP contribution >= 0.6 is 0 Å². The molecule has 0 aliphatic carbocycles. The molecule has 1 rings (SSSR count). The molecule has 0 aliphatic rings. The highest BCUT2D eigenvalue weighted by atomic mass is 16.5. The zero-order valence-electron chi connectivity index (χ0n) is 9.56. The molecule has 1 N–H and O–H groups in total. The maximum absolute atomic E-state index is 10.4. The summed E-state index contributed by atoms with van der Waals surface area (Å²) in [5, 5.41) is 8.52. The van der Waals surface area contributed by atoms with Crippen molar-refractivity contribution in [3.63, 3.8) is 0 Å². The Morgan fingerprint density at radius 1 is 1.38 bits per heavy atom. The lowest BCUT2D eigenvalue weighted by Crippen LogP contribution is -2.08. The number of carboxylic acid groups (broad SMARTS) is 1. The van der Waals surface area contributed by atoms with E-state index in [1.165, 1.54) is 0 Å². The van der Waals surface area contributed by atoms with Gasteiger partial charge in [0.05, 0.1) is 6.61 Å². The van der Waals surface area contributed by atoms with Crippen LogP contribution in [0.4, 0.5) is 0 Å². The van der Waals surface area contributed by atoms with Gasteiger partial charge in [0, 0.05) is 13.0 Å². The molecule has 0 heterocycles. The Bertz CT molecular complexity index is 308. The Balaban J connectivity index is 2.13. The van der Waals surface area contributed by atoms with Crippen molar-refractivity contribution >= 4 is 5.97 Å². The summed E-state index contributed by atoms with van der Waals surface area (Å²) in [6, 6.07) is 9.96. The molecule has 0 aromatic heterocycles. The molecule has 88 valence electrons. The number of ether oxygens (including phenoxy) is 1. The third-order valence-electron chi connectivity index (χ3n) is 2.36. The van der Waals surface area contributed by atoms with Gasteiger partial charge in [0.25, 0.3) is 0 Å². The second-order valence-corrected chi connectivity index (χ2v) is 4.04. The van der Waals surface area contributed by atoms with E-state index in [9.17, 15) is 4.79 Å². The number of aliphatic carboxylic acids is 1. The second-order valence-electron chi connectivity index (χ2n) is 4.04. The summed E-state index contributed by atoms with van der Waals surface area (Å²) < 4.78 is 5.52. The van der Waals surface area contributed by atoms with Gasteiger partial charge in [-0.15, -0.1) is 0 Å². The second kappa shape index (κ2) is 7.01. The van der Waals surface area contributed by atoms with Gasteiger partial charge in [-0.05, 0) is 17.9 Å². The van der Waals surface area contributed by atoms with Crippen molar-refractivity contribution in [1.82, 2.24) is 0 Å². The summed E-state index contributed by atoms with van der Waals surface area (Å²) in [4.78, 5) is 10.4. The van der Waals surface area contributed by atoms with Crippen LogP contribution in [0.2, 0.25) is 0 Å². The molecule has 0 aliphatic heterocycles. The van der Waals surface area contributed by atoms with E-state index in [2.05, 4.69) is 0 Å². The fraction of sp³-hybridized carbons (Fsp3) is 0.462. The van der Waals surface area contributed by atoms with E-state index in [4.69, 9.17) is 9.84 Å². The minimum atomic E-state index is -0.741. The van der Waals surface area contributed by atoms with E-state index >= 15 is 0 Å². The van der Waals surface area contributed by atoms with Crippen molar-refractivity contribution in [2.24, 2.45) is 5.92 Å². The van der Waals surface area contributed by atoms with Crippen LogP contribution in [0.3, 0.4) is 0 Å². The van der Waals surface area contributed by atoms with Gasteiger partial charge in [0.15, 0.2) is 0 Å². The van der Waals surface area contributed by atoms with E-state index in [0.29, 0.717) is 25.6 Å². The molecule has 1 aromatic carbocycles. The van der Waals surface area contributed by atoms with Crippen molar-refractivity contribution < 1.29 is 14.6 Å². The third-order valence-corrected chi connectivity index (χ3v) is 2.36. The third kappa shape index (κ3) is 5.51. The van der Waals surface area contributed by atoms with Gasteiger partial charge in [-0.2, -0.15) is 0 Å². The molecule has 3 nitrogen and oxygen atoms in total. The smallest absolute Gasteiger partial charge is 0.303 e. The fourth-order valence-corrected chi connectivity index (χ4v) is 1.41. The molecule has 1 atom stereocenters. The fourth-order valence-electron chi connectivity index (χ4n) is 1.41. The maximum Gasteiger partial charge on any atom is 0.303 e. The van der Waals surface area contributed by atoms with Crippen LogP contribution < -0.4 is 0 Å². The quantitative estimate of drug-likeness (QED) is 0.771. The molecule has 1 aromatic rings. The van der Waals surface area contributed by atoms with Crippen LogP contribution in [0.1, 0.15) is 25.3 Å². The van der Waals surface area contributed by atoms with E-state index in [1.54, 1.807) is 0 Å². The largest absolute Gasteiger partial charge is 0.481 e. The highest BCUT2D eigenvalue weighted by Crippen LogP contribution is 2.08. The molecule has 0 unspecified atom stereocenters. The van der Waals surface area contributed by atoms with Crippen LogP contribution in [0.15, 0.2) is 30.3 Å². The zero-order valence-corrected chi connectivity index (χ0v) is 9.56. The molecule has 3 heteroatoms. The average molecular weight is 222 g/mol. The SMILES string of the molecule is C[C@H](CCC(=O)O)COCc1ccccc1. The van der Waals surface area contributed by atoms with E-state index in [0.717, 1.165) is 5.56 Å². The normalized spacial score (nSPS) is 12.3. The highest BCUT2D eigenvalue weighted by molar-refractivity contribution is 5.66. The molecule has 0 bridgehead atoms. The number of carbonyl (C=O) groups is 1. The van der Waals surface area contributed by atoms with Crippen molar-refractivity contribution in [3.05, 3.63) is 35.9 Å². The van der Waals surface area contributed by atoms with E-state index in [-0.39, 0.29) is 6.42 Å². The Labute approximate surface area is 96.1 Å². The first kappa shape index (κ1) is 12.7. The van der Waals surface area contributed by atoms with Gasteiger partial charge >= 0.3 is 5.97 Å². The molecule has 16 heavy (non-hydrogen) atoms. The summed E-state index contributed by atoms with van der Waals surface area (Å²) in [5.74, 6) is -0.449. The predicted octanol–water partition coefficient (Wildman–Crippen LogP) is 2.70. The lowest BCUT2D eigenvalue weighted by Gasteiger charge is -2.10. The number of hydrogen-bond acceptors (Lipinski definition) is 2. The van der Waals surface area contributed by atoms with Crippen molar-refractivity contribution in [1.29, 1.82) is 0 Å². The van der Waals surface area contributed by atoms with Crippen molar-refractivity contribution in [3.8, 4) is 0 Å². The molecular weight excluding hydrogens is 204 g/mol. The van der Waals surface area contributed by atoms with E-state index in [1.807, 2.05) is 37.3 Å². The summed E-state index contributed by atoms with van der Waals surface area (Å²) in [6.07, 6.45) is 0.889. The van der Waals surface area contributed by atoms with Crippen LogP contribution in [0.5, 0.6) is 0 Å². The molecular formula is C13H18O3. The lowest BCUT2D eigenvalue weighted by atomic mass is 10.1. The molecule has 0 amide bonds. The van der Waals surface area contributed by atoms with Crippen molar-refractivity contribution in [2.45, 2.75) is 26.4 Å². The zero-order chi connectivity index (χ0) is 11.8. The first-order chi connectivity index (χ1) is 7.68. The minimum absolute atomic E-state index is 0.218. The minimum Gasteiger partial charge on any atom is -0.481 e. The first-order valence-corrected chi connectivity index (χ1v) is 5.52. The average Bonchev–Trinajstić information content (AvgIpc) is 2.28. The Morgan fingerprint density at radius 3 is 2.69 bits per heavy atom. The summed E-state index contributed by atoms with van der Waals surface area (Å²) in [7, 11) is 0. The summed E-state index contributed by atoms with van der Waals surface area (Å²) in [6.45, 7) is 3.22. The topological polar surface area (TPSA) is 46.5 Å². The summed E-state index contributed by atoms with van der Waals surface area (Å²) >= 11 is 0. The maximum atomic E-state index is 10.4. The Kier molecular flexibility index (Phi) is 5.57. The van der Waals surface area contributed by atoms with Crippen LogP contribution in [-0.2, 0) is 16.1 Å². The number of benzene rings is 1. The summed E-state index contributed by atoms with van der Waals surface area (Å²) in [5.41, 5.74) is 1.15. The van der Waals surface area contributed by atoms with E-state index < -0.39 is 5.97 Å². The first-order valence-electron chi connectivity index (χ1n) is 5.52. The monoisotopic (exact) mass is 222 g/mol. The van der Waals surface area contributed by atoms with Gasteiger partial charge in [-0.3, -0.25) is 4.79 Å². The molecule has 0 spiro atoms. The number of hydrogen-bond donors (Lipinski definition) is 1. The molecule has 0 saturated carbocycles. The lowest BCUT2D eigenvalue weighted by molar-refractivity contribution is -0.137. The number of carboxylic acids is 1. The standard InChI is InChI=1S/C13H18O3/c1-11(7-8-13(14)15)9-16-10-12-5-3-2-4-6-12/h2-6,11H,7-10H2,1H3,(H,14,15)/t11-/m1/s1. The number of rotatable bonds is 7. The van der Waals surface area contributed by atoms with Crippen LogP contribution in [0.25, 0.3) is 0 Å². The van der Waals surface area contributed by atoms with Gasteiger partial charge < -0.3 is 9.84 Å². The molecule has 0 radical (unpaired) electrons. The highest BCUT2D eigenvalue weighted by Gasteiger charge is 2.05. The Hall–Kier alpha value is -1.35. The van der Waals surface area contributed by atoms with Gasteiger partial charge in [0.2, 0.25) is 0 Å². The van der Waals surface area contributed by atoms with Crippen molar-refractivity contribution in [2.75, 3.05) is 6.61 Å². The van der Waals surface area contributed by atoms with Crippen LogP contribution in [-0.4, -0.2) is 17.7 Å². The van der Waals surface area contributed by atoms with Gasteiger partial charge in [-0.25, -0.2) is 0 Å². The van der Waals surface area contributed by atoms with Crippen LogP contribution in [0, 0.1) is 5.92 Å². The van der Waals surface area contributed by atoms with Gasteiger partial charge in [0.1, 0.15) is 0 Å². The molecule has 0 fully saturated rings.